The Morgan fingerprint density at radius 1 is 1.53 bits per heavy atom. The van der Waals surface area contributed by atoms with Crippen LogP contribution in [-0.4, -0.2) is 26.9 Å². The summed E-state index contributed by atoms with van der Waals surface area (Å²) in [6, 6.07) is -0.0520. The second kappa shape index (κ2) is 4.96. The molecule has 0 aromatic carbocycles. The lowest BCUT2D eigenvalue weighted by atomic mass is 9.75. The predicted octanol–water partition coefficient (Wildman–Crippen LogP) is 1.39. The maximum Gasteiger partial charge on any atom is 0.225 e. The van der Waals surface area contributed by atoms with E-state index in [4.69, 9.17) is 0 Å². The fourth-order valence-corrected chi connectivity index (χ4v) is 2.33. The molecule has 1 aliphatic rings. The molecule has 1 atom stereocenters. The first-order chi connectivity index (χ1) is 8.77. The minimum absolute atomic E-state index is 0.0303. The molecule has 0 spiro atoms. The maximum absolute atomic E-state index is 12.2. The number of aliphatic hydroxyl groups excluding tert-OH is 1. The first-order valence-electron chi connectivity index (χ1n) is 6.75. The summed E-state index contributed by atoms with van der Waals surface area (Å²) in [7, 11) is 1.86. The molecule has 0 saturated heterocycles. The molecule has 5 heteroatoms. The summed E-state index contributed by atoms with van der Waals surface area (Å²) < 4.78 is 1.74. The quantitative estimate of drug-likeness (QED) is 0.868. The van der Waals surface area contributed by atoms with Crippen LogP contribution < -0.4 is 5.32 Å². The molecular weight excluding hydrogens is 242 g/mol. The van der Waals surface area contributed by atoms with Gasteiger partial charge >= 0.3 is 0 Å². The SMILES string of the molecule is Cn1cc([C@@H](NC(=O)C(C)(C)C)C2CC(O)C2)cn1. The van der Waals surface area contributed by atoms with E-state index in [0.29, 0.717) is 5.92 Å². The van der Waals surface area contributed by atoms with Crippen molar-refractivity contribution in [2.45, 2.75) is 45.8 Å². The molecule has 1 amide bonds. The fourth-order valence-electron chi connectivity index (χ4n) is 2.33. The van der Waals surface area contributed by atoms with Crippen molar-refractivity contribution >= 4 is 5.91 Å². The average Bonchev–Trinajstić information content (AvgIpc) is 2.67. The van der Waals surface area contributed by atoms with Crippen molar-refractivity contribution in [2.24, 2.45) is 18.4 Å². The number of hydrogen-bond acceptors (Lipinski definition) is 3. The molecule has 1 aromatic rings. The van der Waals surface area contributed by atoms with Crippen molar-refractivity contribution in [1.82, 2.24) is 15.1 Å². The third kappa shape index (κ3) is 3.15. The second-order valence-corrected chi connectivity index (χ2v) is 6.53. The number of hydrogen-bond donors (Lipinski definition) is 2. The van der Waals surface area contributed by atoms with Crippen LogP contribution in [0.4, 0.5) is 0 Å². The van der Waals surface area contributed by atoms with Crippen LogP contribution in [0.25, 0.3) is 0 Å². The van der Waals surface area contributed by atoms with E-state index in [2.05, 4.69) is 10.4 Å². The third-order valence-electron chi connectivity index (χ3n) is 3.67. The molecule has 2 rings (SSSR count). The molecule has 0 unspecified atom stereocenters. The third-order valence-corrected chi connectivity index (χ3v) is 3.67. The van der Waals surface area contributed by atoms with Gasteiger partial charge in [-0.3, -0.25) is 9.48 Å². The van der Waals surface area contributed by atoms with Gasteiger partial charge in [0.25, 0.3) is 0 Å². The second-order valence-electron chi connectivity index (χ2n) is 6.53. The molecule has 0 bridgehead atoms. The van der Waals surface area contributed by atoms with Gasteiger partial charge in [0.2, 0.25) is 5.91 Å². The standard InChI is InChI=1S/C14H23N3O2/c1-14(2,3)13(19)16-12(9-5-11(18)6-9)10-7-15-17(4)8-10/h7-9,11-12,18H,5-6H2,1-4H3,(H,16,19)/t9?,11?,12-/m0/s1. The number of nitrogens with one attached hydrogen (secondary N) is 1. The van der Waals surface area contributed by atoms with E-state index in [1.165, 1.54) is 0 Å². The highest BCUT2D eigenvalue weighted by Crippen LogP contribution is 2.38. The topological polar surface area (TPSA) is 67.2 Å². The monoisotopic (exact) mass is 265 g/mol. The number of carbonyl (C=O) groups is 1. The number of carbonyl (C=O) groups excluding carboxylic acids is 1. The van der Waals surface area contributed by atoms with Gasteiger partial charge in [0.15, 0.2) is 0 Å². The van der Waals surface area contributed by atoms with Crippen LogP contribution in [0.1, 0.15) is 45.2 Å². The molecule has 1 heterocycles. The first kappa shape index (κ1) is 14.1. The summed E-state index contributed by atoms with van der Waals surface area (Å²) in [6.45, 7) is 5.70. The Bertz CT molecular complexity index is 456. The molecule has 0 aliphatic heterocycles. The highest BCUT2D eigenvalue weighted by Gasteiger charge is 2.37. The molecule has 1 fully saturated rings. The zero-order valence-electron chi connectivity index (χ0n) is 12.1. The van der Waals surface area contributed by atoms with Crippen LogP contribution in [0.2, 0.25) is 0 Å². The number of nitrogens with zero attached hydrogens (tertiary/aromatic N) is 2. The Balaban J connectivity index is 2.13. The Hall–Kier alpha value is -1.36. The molecular formula is C14H23N3O2. The maximum atomic E-state index is 12.2. The van der Waals surface area contributed by atoms with Gasteiger partial charge in [0.05, 0.1) is 18.3 Å². The molecule has 5 nitrogen and oxygen atoms in total. The molecule has 19 heavy (non-hydrogen) atoms. The molecule has 2 N–H and O–H groups in total. The van der Waals surface area contributed by atoms with Crippen molar-refractivity contribution in [2.75, 3.05) is 0 Å². The number of rotatable bonds is 3. The van der Waals surface area contributed by atoms with Crippen molar-refractivity contribution < 1.29 is 9.90 Å². The number of amides is 1. The Labute approximate surface area is 114 Å². The van der Waals surface area contributed by atoms with E-state index in [1.54, 1.807) is 10.9 Å². The van der Waals surface area contributed by atoms with E-state index < -0.39 is 5.41 Å². The molecule has 0 radical (unpaired) electrons. The highest BCUT2D eigenvalue weighted by molar-refractivity contribution is 5.81. The van der Waals surface area contributed by atoms with Crippen molar-refractivity contribution in [1.29, 1.82) is 0 Å². The average molecular weight is 265 g/mol. The van der Waals surface area contributed by atoms with E-state index in [0.717, 1.165) is 18.4 Å². The summed E-state index contributed by atoms with van der Waals surface area (Å²) in [5.74, 6) is 0.327. The lowest BCUT2D eigenvalue weighted by Gasteiger charge is -2.38. The first-order valence-corrected chi connectivity index (χ1v) is 6.75. The summed E-state index contributed by atoms with van der Waals surface area (Å²) >= 11 is 0. The van der Waals surface area contributed by atoms with Gasteiger partial charge < -0.3 is 10.4 Å². The molecule has 1 aromatic heterocycles. The summed E-state index contributed by atoms with van der Waals surface area (Å²) in [6.07, 6.45) is 4.97. The number of aromatic nitrogens is 2. The van der Waals surface area contributed by atoms with Crippen LogP contribution in [0.3, 0.4) is 0 Å². The lowest BCUT2D eigenvalue weighted by Crippen LogP contribution is -2.44. The van der Waals surface area contributed by atoms with Gasteiger partial charge in [-0.25, -0.2) is 0 Å². The highest BCUT2D eigenvalue weighted by atomic mass is 16.3. The zero-order chi connectivity index (χ0) is 14.2. The number of aryl methyl sites for hydroxylation is 1. The van der Waals surface area contributed by atoms with Crippen molar-refractivity contribution in [3.63, 3.8) is 0 Å². The minimum Gasteiger partial charge on any atom is -0.393 e. The normalized spacial score (nSPS) is 24.7. The molecule has 1 saturated carbocycles. The fraction of sp³-hybridized carbons (Fsp3) is 0.714. The Kier molecular flexibility index (Phi) is 3.67. The predicted molar refractivity (Wildman–Crippen MR) is 72.3 cm³/mol. The van der Waals surface area contributed by atoms with Crippen LogP contribution in [-0.2, 0) is 11.8 Å². The van der Waals surface area contributed by atoms with Gasteiger partial charge in [0.1, 0.15) is 0 Å². The largest absolute Gasteiger partial charge is 0.393 e. The molecule has 106 valence electrons. The van der Waals surface area contributed by atoms with Crippen LogP contribution in [0.15, 0.2) is 12.4 Å². The van der Waals surface area contributed by atoms with Gasteiger partial charge in [-0.1, -0.05) is 20.8 Å². The van der Waals surface area contributed by atoms with Crippen LogP contribution in [0, 0.1) is 11.3 Å². The van der Waals surface area contributed by atoms with Gasteiger partial charge in [-0.05, 0) is 18.8 Å². The number of aliphatic hydroxyl groups is 1. The van der Waals surface area contributed by atoms with Crippen LogP contribution >= 0.6 is 0 Å². The van der Waals surface area contributed by atoms with Gasteiger partial charge in [0, 0.05) is 24.2 Å². The van der Waals surface area contributed by atoms with E-state index in [9.17, 15) is 9.90 Å². The minimum atomic E-state index is -0.414. The van der Waals surface area contributed by atoms with Gasteiger partial charge in [-0.15, -0.1) is 0 Å². The summed E-state index contributed by atoms with van der Waals surface area (Å²) in [5, 5.41) is 16.8. The smallest absolute Gasteiger partial charge is 0.225 e. The summed E-state index contributed by atoms with van der Waals surface area (Å²) in [4.78, 5) is 12.2. The lowest BCUT2D eigenvalue weighted by molar-refractivity contribution is -0.130. The van der Waals surface area contributed by atoms with E-state index >= 15 is 0 Å². The molecule has 1 aliphatic carbocycles. The van der Waals surface area contributed by atoms with Gasteiger partial charge in [-0.2, -0.15) is 5.10 Å². The summed E-state index contributed by atoms with van der Waals surface area (Å²) in [5.41, 5.74) is 0.597. The Morgan fingerprint density at radius 3 is 2.58 bits per heavy atom. The van der Waals surface area contributed by atoms with Crippen molar-refractivity contribution in [3.05, 3.63) is 18.0 Å². The van der Waals surface area contributed by atoms with Crippen molar-refractivity contribution in [3.8, 4) is 0 Å². The van der Waals surface area contributed by atoms with E-state index in [1.807, 2.05) is 34.0 Å². The van der Waals surface area contributed by atoms with Crippen LogP contribution in [0.5, 0.6) is 0 Å². The van der Waals surface area contributed by atoms with E-state index in [-0.39, 0.29) is 18.1 Å². The zero-order valence-corrected chi connectivity index (χ0v) is 12.1. The Morgan fingerprint density at radius 2 is 2.16 bits per heavy atom.